The van der Waals surface area contributed by atoms with Gasteiger partial charge in [-0.1, -0.05) is 47.5 Å². The summed E-state index contributed by atoms with van der Waals surface area (Å²) < 4.78 is 28.9. The molecule has 158 valence electrons. The monoisotopic (exact) mass is 472 g/mol. The van der Waals surface area contributed by atoms with Crippen molar-refractivity contribution in [3.05, 3.63) is 81.8 Å². The minimum absolute atomic E-state index is 0.0655. The summed E-state index contributed by atoms with van der Waals surface area (Å²) in [5, 5.41) is 3.94. The Morgan fingerprint density at radius 1 is 0.806 bits per heavy atom. The van der Waals surface area contributed by atoms with Crippen molar-refractivity contribution in [2.45, 2.75) is 18.7 Å². The fourth-order valence-electron chi connectivity index (χ4n) is 3.10. The number of sulfonamides is 1. The molecule has 0 aliphatic rings. The molecule has 1 aromatic heterocycles. The van der Waals surface area contributed by atoms with Gasteiger partial charge in [0, 0.05) is 15.7 Å². The van der Waals surface area contributed by atoms with E-state index in [2.05, 4.69) is 20.0 Å². The van der Waals surface area contributed by atoms with Crippen LogP contribution < -0.4 is 10.0 Å². The van der Waals surface area contributed by atoms with Crippen molar-refractivity contribution < 1.29 is 8.42 Å². The second-order valence-corrected chi connectivity index (χ2v) is 9.59. The van der Waals surface area contributed by atoms with E-state index in [1.165, 1.54) is 0 Å². The zero-order valence-corrected chi connectivity index (χ0v) is 19.0. The van der Waals surface area contributed by atoms with Gasteiger partial charge in [-0.25, -0.2) is 18.4 Å². The van der Waals surface area contributed by atoms with E-state index >= 15 is 0 Å². The minimum atomic E-state index is -3.91. The molecule has 0 atom stereocenters. The summed E-state index contributed by atoms with van der Waals surface area (Å²) in [5.41, 5.74) is 3.17. The first-order valence-corrected chi connectivity index (χ1v) is 11.6. The molecule has 0 aliphatic carbocycles. The molecule has 9 heteroatoms. The molecule has 0 spiro atoms. The van der Waals surface area contributed by atoms with E-state index in [4.69, 9.17) is 23.2 Å². The van der Waals surface area contributed by atoms with Crippen LogP contribution in [0.4, 0.5) is 17.3 Å². The normalized spacial score (nSPS) is 11.5. The van der Waals surface area contributed by atoms with E-state index in [1.54, 1.807) is 49.4 Å². The van der Waals surface area contributed by atoms with Crippen molar-refractivity contribution in [1.82, 2.24) is 9.97 Å². The van der Waals surface area contributed by atoms with Gasteiger partial charge in [-0.05, 0) is 61.4 Å². The zero-order valence-electron chi connectivity index (χ0n) is 16.6. The Morgan fingerprint density at radius 3 is 2.06 bits per heavy atom. The average Bonchev–Trinajstić information content (AvgIpc) is 2.69. The third-order valence-electron chi connectivity index (χ3n) is 4.56. The first kappa shape index (κ1) is 21.4. The number of aromatic nitrogens is 2. The third-order valence-corrected chi connectivity index (χ3v) is 6.48. The van der Waals surface area contributed by atoms with Crippen molar-refractivity contribution in [2.75, 3.05) is 10.0 Å². The molecule has 1 heterocycles. The first-order chi connectivity index (χ1) is 14.7. The number of nitrogens with one attached hydrogen (secondary N) is 2. The second-order valence-electron chi connectivity index (χ2n) is 7.07. The van der Waals surface area contributed by atoms with E-state index in [-0.39, 0.29) is 16.5 Å². The third kappa shape index (κ3) is 4.74. The average molecular weight is 473 g/mol. The molecular weight excluding hydrogens is 455 g/mol. The lowest BCUT2D eigenvalue weighted by Crippen LogP contribution is -2.17. The molecule has 3 aromatic carbocycles. The van der Waals surface area contributed by atoms with E-state index in [0.717, 1.165) is 5.56 Å². The van der Waals surface area contributed by atoms with Gasteiger partial charge in [-0.2, -0.15) is 0 Å². The number of rotatable bonds is 5. The molecule has 0 aliphatic heterocycles. The number of benzene rings is 3. The quantitative estimate of drug-likeness (QED) is 0.366. The summed E-state index contributed by atoms with van der Waals surface area (Å²) in [6.07, 6.45) is 0. The number of anilines is 3. The summed E-state index contributed by atoms with van der Waals surface area (Å²) in [4.78, 5) is 9.24. The van der Waals surface area contributed by atoms with Crippen molar-refractivity contribution in [3.8, 4) is 0 Å². The Balaban J connectivity index is 1.82. The summed E-state index contributed by atoms with van der Waals surface area (Å²) in [6.45, 7) is 3.58. The fraction of sp³-hybridized carbons (Fsp3) is 0.0909. The number of halogens is 2. The summed E-state index contributed by atoms with van der Waals surface area (Å²) in [6, 6.07) is 17.4. The number of fused-ring (bicyclic) bond motifs is 1. The van der Waals surface area contributed by atoms with Crippen LogP contribution in [0, 0.1) is 13.8 Å². The maximum Gasteiger partial charge on any atom is 0.263 e. The Labute approximate surface area is 190 Å². The Bertz CT molecular complexity index is 1390. The largest absolute Gasteiger partial charge is 0.337 e. The molecule has 4 aromatic rings. The Hall–Kier alpha value is -2.87. The van der Waals surface area contributed by atoms with Crippen molar-refractivity contribution >= 4 is 61.6 Å². The molecule has 31 heavy (non-hydrogen) atoms. The topological polar surface area (TPSA) is 84.0 Å². The van der Waals surface area contributed by atoms with Crippen molar-refractivity contribution in [3.63, 3.8) is 0 Å². The predicted molar refractivity (Wildman–Crippen MR) is 126 cm³/mol. The first-order valence-electron chi connectivity index (χ1n) is 9.31. The molecule has 0 amide bonds. The molecular formula is C22H18Cl2N4O2S. The number of aryl methyl sites for hydroxylation is 2. The second kappa shape index (κ2) is 8.34. The zero-order chi connectivity index (χ0) is 22.2. The highest BCUT2D eigenvalue weighted by atomic mass is 35.5. The molecule has 0 unspecified atom stereocenters. The molecule has 0 saturated heterocycles. The van der Waals surface area contributed by atoms with Crippen LogP contribution in [-0.2, 0) is 10.0 Å². The molecule has 0 saturated carbocycles. The predicted octanol–water partition coefficient (Wildman–Crippen LogP) is 6.10. The lowest BCUT2D eigenvalue weighted by atomic mass is 10.2. The number of hydrogen-bond acceptors (Lipinski definition) is 5. The van der Waals surface area contributed by atoms with Crippen LogP contribution in [0.3, 0.4) is 0 Å². The van der Waals surface area contributed by atoms with E-state index in [0.29, 0.717) is 32.3 Å². The Kier molecular flexibility index (Phi) is 5.75. The highest BCUT2D eigenvalue weighted by Crippen LogP contribution is 2.30. The lowest BCUT2D eigenvalue weighted by Gasteiger charge is -2.15. The molecule has 4 rings (SSSR count). The molecule has 0 fully saturated rings. The fourth-order valence-corrected chi connectivity index (χ4v) is 4.97. The van der Waals surface area contributed by atoms with Gasteiger partial charge in [-0.15, -0.1) is 0 Å². The van der Waals surface area contributed by atoms with E-state index < -0.39 is 10.0 Å². The summed E-state index contributed by atoms with van der Waals surface area (Å²) >= 11 is 12.2. The van der Waals surface area contributed by atoms with Gasteiger partial charge in [0.15, 0.2) is 11.6 Å². The number of para-hydroxylation sites is 2. The summed E-state index contributed by atoms with van der Waals surface area (Å²) in [7, 11) is -3.91. The maximum absolute atomic E-state index is 13.2. The minimum Gasteiger partial charge on any atom is -0.337 e. The maximum atomic E-state index is 13.2. The van der Waals surface area contributed by atoms with Crippen LogP contribution >= 0.6 is 23.2 Å². The van der Waals surface area contributed by atoms with Crippen LogP contribution in [0.25, 0.3) is 11.0 Å². The van der Waals surface area contributed by atoms with Gasteiger partial charge in [0.2, 0.25) is 0 Å². The Morgan fingerprint density at radius 2 is 1.42 bits per heavy atom. The molecule has 0 radical (unpaired) electrons. The van der Waals surface area contributed by atoms with Crippen LogP contribution in [-0.4, -0.2) is 18.4 Å². The molecule has 0 bridgehead atoms. The highest BCUT2D eigenvalue weighted by molar-refractivity contribution is 7.92. The molecule has 2 N–H and O–H groups in total. The van der Waals surface area contributed by atoms with Crippen LogP contribution in [0.15, 0.2) is 65.6 Å². The number of nitrogens with zero attached hydrogens (tertiary/aromatic N) is 2. The van der Waals surface area contributed by atoms with Gasteiger partial charge in [0.25, 0.3) is 10.0 Å². The van der Waals surface area contributed by atoms with Gasteiger partial charge in [0.05, 0.1) is 15.9 Å². The van der Waals surface area contributed by atoms with Gasteiger partial charge in [0.1, 0.15) is 0 Å². The van der Waals surface area contributed by atoms with E-state index in [1.807, 2.05) is 25.1 Å². The summed E-state index contributed by atoms with van der Waals surface area (Å²) in [5.74, 6) is 0.293. The van der Waals surface area contributed by atoms with E-state index in [9.17, 15) is 8.42 Å². The van der Waals surface area contributed by atoms with Gasteiger partial charge >= 0.3 is 0 Å². The molecule has 6 nitrogen and oxygen atoms in total. The lowest BCUT2D eigenvalue weighted by molar-refractivity contribution is 0.600. The smallest absolute Gasteiger partial charge is 0.263 e. The highest BCUT2D eigenvalue weighted by Gasteiger charge is 2.21. The van der Waals surface area contributed by atoms with Crippen molar-refractivity contribution in [1.29, 1.82) is 0 Å². The number of hydrogen-bond donors (Lipinski definition) is 2. The SMILES string of the molecule is Cc1ccc(C)c(S(=O)(=O)Nc2nc3ccccc3nc2Nc2cc(Cl)cc(Cl)c2)c1. The van der Waals surface area contributed by atoms with Crippen LogP contribution in [0.5, 0.6) is 0 Å². The van der Waals surface area contributed by atoms with Crippen LogP contribution in [0.1, 0.15) is 11.1 Å². The van der Waals surface area contributed by atoms with Crippen LogP contribution in [0.2, 0.25) is 10.0 Å². The van der Waals surface area contributed by atoms with Gasteiger partial charge < -0.3 is 5.32 Å². The standard InChI is InChI=1S/C22H18Cl2N4O2S/c1-13-7-8-14(2)20(9-13)31(29,30)28-22-21(25-17-11-15(23)10-16(24)12-17)26-18-5-3-4-6-19(18)27-22/h3-12H,1-2H3,(H,25,26)(H,27,28). The van der Waals surface area contributed by atoms with Crippen molar-refractivity contribution in [2.24, 2.45) is 0 Å². The van der Waals surface area contributed by atoms with Gasteiger partial charge in [-0.3, -0.25) is 4.72 Å².